The fraction of sp³-hybridized carbons (Fsp3) is 0.167. The molecule has 66 valence electrons. The second-order valence-corrected chi connectivity index (χ2v) is 3.25. The lowest BCUT2D eigenvalue weighted by Crippen LogP contribution is -1.87. The van der Waals surface area contributed by atoms with E-state index < -0.39 is 0 Å². The maximum atomic E-state index is 9.13. The molecule has 0 atom stereocenters. The van der Waals surface area contributed by atoms with Crippen molar-refractivity contribution in [3.63, 3.8) is 0 Å². The zero-order valence-electron chi connectivity index (χ0n) is 7.62. The third-order valence-electron chi connectivity index (χ3n) is 2.40. The van der Waals surface area contributed by atoms with Gasteiger partial charge in [0.05, 0.1) is 6.61 Å². The molecule has 2 aromatic rings. The van der Waals surface area contributed by atoms with Crippen LogP contribution >= 0.6 is 0 Å². The van der Waals surface area contributed by atoms with Crippen LogP contribution in [0.5, 0.6) is 0 Å². The van der Waals surface area contributed by atoms with Crippen LogP contribution in [0.2, 0.25) is 0 Å². The summed E-state index contributed by atoms with van der Waals surface area (Å²) in [6.45, 7) is 2.20. The van der Waals surface area contributed by atoms with Gasteiger partial charge in [-0.1, -0.05) is 36.4 Å². The van der Waals surface area contributed by atoms with Gasteiger partial charge in [-0.15, -0.1) is 0 Å². The Labute approximate surface area is 77.6 Å². The van der Waals surface area contributed by atoms with Gasteiger partial charge in [0.15, 0.2) is 0 Å². The summed E-state index contributed by atoms with van der Waals surface area (Å²) in [6.07, 6.45) is 0. The van der Waals surface area contributed by atoms with Crippen molar-refractivity contribution in [3.8, 4) is 0 Å². The Morgan fingerprint density at radius 3 is 2.38 bits per heavy atom. The zero-order valence-corrected chi connectivity index (χ0v) is 7.62. The van der Waals surface area contributed by atoms with E-state index in [2.05, 4.69) is 13.0 Å². The first-order valence-electron chi connectivity index (χ1n) is 4.41. The van der Waals surface area contributed by atoms with Crippen LogP contribution in [0.4, 0.5) is 0 Å². The minimum Gasteiger partial charge on any atom is -0.392 e. The van der Waals surface area contributed by atoms with Crippen LogP contribution in [-0.4, -0.2) is 5.11 Å². The highest BCUT2D eigenvalue weighted by Crippen LogP contribution is 2.21. The molecule has 2 aromatic carbocycles. The van der Waals surface area contributed by atoms with E-state index >= 15 is 0 Å². The third kappa shape index (κ3) is 1.31. The second-order valence-electron chi connectivity index (χ2n) is 3.25. The monoisotopic (exact) mass is 172 g/mol. The van der Waals surface area contributed by atoms with Gasteiger partial charge < -0.3 is 5.11 Å². The Hall–Kier alpha value is -1.34. The molecule has 0 aliphatic rings. The van der Waals surface area contributed by atoms with Crippen LogP contribution < -0.4 is 0 Å². The molecule has 0 heterocycles. The summed E-state index contributed by atoms with van der Waals surface area (Å²) in [5.74, 6) is 0. The lowest BCUT2D eigenvalue weighted by molar-refractivity contribution is 0.283. The number of hydrogen-bond donors (Lipinski definition) is 1. The first kappa shape index (κ1) is 8.27. The highest BCUT2D eigenvalue weighted by Gasteiger charge is 2.00. The molecule has 0 spiro atoms. The summed E-state index contributed by atoms with van der Waals surface area (Å²) in [5, 5.41) is 11.5. The molecule has 0 radical (unpaired) electrons. The van der Waals surface area contributed by atoms with E-state index in [4.69, 9.17) is 5.11 Å². The van der Waals surface area contributed by atoms with Crippen LogP contribution in [0.15, 0.2) is 36.4 Å². The molecular weight excluding hydrogens is 160 g/mol. The molecule has 0 saturated carbocycles. The van der Waals surface area contributed by atoms with E-state index in [1.54, 1.807) is 0 Å². The van der Waals surface area contributed by atoms with Gasteiger partial charge in [-0.25, -0.2) is 0 Å². The van der Waals surface area contributed by atoms with Crippen molar-refractivity contribution in [2.24, 2.45) is 0 Å². The Morgan fingerprint density at radius 1 is 1.00 bits per heavy atom. The molecule has 0 saturated heterocycles. The minimum atomic E-state index is 0.112. The predicted octanol–water partition coefficient (Wildman–Crippen LogP) is 2.64. The Bertz CT molecular complexity index is 432. The van der Waals surface area contributed by atoms with E-state index in [0.29, 0.717) is 0 Å². The molecule has 1 N–H and O–H groups in total. The zero-order chi connectivity index (χ0) is 9.26. The fourth-order valence-corrected chi connectivity index (χ4v) is 1.65. The molecule has 1 heteroatoms. The fourth-order valence-electron chi connectivity index (χ4n) is 1.65. The SMILES string of the molecule is Cc1ccc(CO)c2ccccc12. The number of aryl methyl sites for hydroxylation is 1. The largest absolute Gasteiger partial charge is 0.392 e. The predicted molar refractivity (Wildman–Crippen MR) is 54.6 cm³/mol. The summed E-state index contributed by atoms with van der Waals surface area (Å²) < 4.78 is 0. The molecule has 1 nitrogen and oxygen atoms in total. The van der Waals surface area contributed by atoms with Crippen LogP contribution in [0.25, 0.3) is 10.8 Å². The van der Waals surface area contributed by atoms with Gasteiger partial charge in [-0.2, -0.15) is 0 Å². The molecule has 0 aliphatic heterocycles. The average Bonchev–Trinajstić information content (AvgIpc) is 2.19. The van der Waals surface area contributed by atoms with Gasteiger partial charge in [0.1, 0.15) is 0 Å². The molecular formula is C12H12O. The third-order valence-corrected chi connectivity index (χ3v) is 2.40. The van der Waals surface area contributed by atoms with Crippen molar-refractivity contribution in [2.75, 3.05) is 0 Å². The van der Waals surface area contributed by atoms with Gasteiger partial charge in [-0.05, 0) is 28.8 Å². The Balaban J connectivity index is 2.84. The van der Waals surface area contributed by atoms with E-state index in [9.17, 15) is 0 Å². The van der Waals surface area contributed by atoms with E-state index in [0.717, 1.165) is 10.9 Å². The quantitative estimate of drug-likeness (QED) is 0.701. The van der Waals surface area contributed by atoms with Crippen molar-refractivity contribution in [1.82, 2.24) is 0 Å². The van der Waals surface area contributed by atoms with Gasteiger partial charge in [0.2, 0.25) is 0 Å². The van der Waals surface area contributed by atoms with Crippen molar-refractivity contribution in [3.05, 3.63) is 47.5 Å². The summed E-state index contributed by atoms with van der Waals surface area (Å²) in [4.78, 5) is 0. The normalized spacial score (nSPS) is 10.6. The van der Waals surface area contributed by atoms with Crippen molar-refractivity contribution in [1.29, 1.82) is 0 Å². The highest BCUT2D eigenvalue weighted by molar-refractivity contribution is 5.88. The Morgan fingerprint density at radius 2 is 1.69 bits per heavy atom. The first-order valence-corrected chi connectivity index (χ1v) is 4.41. The number of fused-ring (bicyclic) bond motifs is 1. The highest BCUT2D eigenvalue weighted by atomic mass is 16.3. The van der Waals surface area contributed by atoms with Crippen molar-refractivity contribution >= 4 is 10.8 Å². The number of rotatable bonds is 1. The molecule has 13 heavy (non-hydrogen) atoms. The molecule has 0 aliphatic carbocycles. The maximum absolute atomic E-state index is 9.13. The minimum absolute atomic E-state index is 0.112. The first-order chi connectivity index (χ1) is 6.33. The standard InChI is InChI=1S/C12H12O/c1-9-6-7-10(8-13)12-5-3-2-4-11(9)12/h2-7,13H,8H2,1H3. The summed E-state index contributed by atoms with van der Waals surface area (Å²) in [6, 6.07) is 12.2. The van der Waals surface area contributed by atoms with Crippen molar-refractivity contribution in [2.45, 2.75) is 13.5 Å². The smallest absolute Gasteiger partial charge is 0.0687 e. The molecule has 0 bridgehead atoms. The summed E-state index contributed by atoms with van der Waals surface area (Å²) in [7, 11) is 0. The molecule has 2 rings (SSSR count). The van der Waals surface area contributed by atoms with Gasteiger partial charge in [0, 0.05) is 0 Å². The Kier molecular flexibility index (Phi) is 2.03. The number of aliphatic hydroxyl groups excluding tert-OH is 1. The van der Waals surface area contributed by atoms with E-state index in [1.807, 2.05) is 30.3 Å². The van der Waals surface area contributed by atoms with E-state index in [1.165, 1.54) is 10.9 Å². The average molecular weight is 172 g/mol. The topological polar surface area (TPSA) is 20.2 Å². The van der Waals surface area contributed by atoms with Gasteiger partial charge >= 0.3 is 0 Å². The van der Waals surface area contributed by atoms with Crippen LogP contribution in [0.1, 0.15) is 11.1 Å². The molecule has 0 unspecified atom stereocenters. The number of hydrogen-bond acceptors (Lipinski definition) is 1. The summed E-state index contributed by atoms with van der Waals surface area (Å²) >= 11 is 0. The van der Waals surface area contributed by atoms with Gasteiger partial charge in [0.25, 0.3) is 0 Å². The number of benzene rings is 2. The van der Waals surface area contributed by atoms with Crippen LogP contribution in [0.3, 0.4) is 0 Å². The van der Waals surface area contributed by atoms with E-state index in [-0.39, 0.29) is 6.61 Å². The molecule has 0 amide bonds. The second kappa shape index (κ2) is 3.19. The van der Waals surface area contributed by atoms with Gasteiger partial charge in [-0.3, -0.25) is 0 Å². The molecule has 0 aromatic heterocycles. The molecule has 0 fully saturated rings. The van der Waals surface area contributed by atoms with Crippen LogP contribution in [-0.2, 0) is 6.61 Å². The number of aliphatic hydroxyl groups is 1. The lowest BCUT2D eigenvalue weighted by Gasteiger charge is -2.05. The van der Waals surface area contributed by atoms with Crippen LogP contribution in [0, 0.1) is 6.92 Å². The van der Waals surface area contributed by atoms with Crippen molar-refractivity contribution < 1.29 is 5.11 Å². The maximum Gasteiger partial charge on any atom is 0.0687 e. The lowest BCUT2D eigenvalue weighted by atomic mass is 10.0. The summed E-state index contributed by atoms with van der Waals surface area (Å²) in [5.41, 5.74) is 2.26.